The Morgan fingerprint density at radius 2 is 2.17 bits per heavy atom. The molecule has 0 unspecified atom stereocenters. The molecule has 0 bridgehead atoms. The summed E-state index contributed by atoms with van der Waals surface area (Å²) in [6.45, 7) is 0.506. The van der Waals surface area contributed by atoms with Crippen LogP contribution in [0.2, 0.25) is 4.34 Å². The number of phenolic OH excluding ortho intramolecular Hbond substituents is 1. The molecule has 0 radical (unpaired) electrons. The summed E-state index contributed by atoms with van der Waals surface area (Å²) in [6.07, 6.45) is 0. The van der Waals surface area contributed by atoms with E-state index < -0.39 is 0 Å². The van der Waals surface area contributed by atoms with Crippen molar-refractivity contribution in [2.24, 2.45) is 0 Å². The van der Waals surface area contributed by atoms with E-state index in [4.69, 9.17) is 11.6 Å². The summed E-state index contributed by atoms with van der Waals surface area (Å²) in [4.78, 5) is 14.7. The van der Waals surface area contributed by atoms with Gasteiger partial charge in [-0.05, 0) is 30.3 Å². The number of phenols is 1. The Balaban J connectivity index is 2.09. The molecule has 0 aliphatic heterocycles. The summed E-state index contributed by atoms with van der Waals surface area (Å²) < 4.78 is 0.711. The summed E-state index contributed by atoms with van der Waals surface area (Å²) in [6, 6.07) is 10.0. The zero-order chi connectivity index (χ0) is 13.1. The summed E-state index contributed by atoms with van der Waals surface area (Å²) in [5.74, 6) is -0.0381. The van der Waals surface area contributed by atoms with Crippen molar-refractivity contribution in [3.63, 3.8) is 0 Å². The third-order valence-electron chi connectivity index (χ3n) is 2.46. The first-order chi connectivity index (χ1) is 8.56. The van der Waals surface area contributed by atoms with Crippen LogP contribution in [-0.4, -0.2) is 23.0 Å². The first-order valence-corrected chi connectivity index (χ1v) is 6.54. The van der Waals surface area contributed by atoms with E-state index >= 15 is 0 Å². The van der Waals surface area contributed by atoms with Crippen LogP contribution in [0.5, 0.6) is 5.75 Å². The molecule has 1 amide bonds. The highest BCUT2D eigenvalue weighted by Crippen LogP contribution is 2.23. The van der Waals surface area contributed by atoms with Gasteiger partial charge in [0.1, 0.15) is 5.75 Å². The van der Waals surface area contributed by atoms with E-state index in [-0.39, 0.29) is 11.7 Å². The third-order valence-corrected chi connectivity index (χ3v) is 3.68. The van der Waals surface area contributed by atoms with Crippen LogP contribution in [0.1, 0.15) is 15.2 Å². The number of thiophene rings is 1. The molecule has 0 spiro atoms. The fraction of sp³-hybridized carbons (Fsp3) is 0.154. The molecule has 94 valence electrons. The largest absolute Gasteiger partial charge is 0.508 e. The molecule has 0 aliphatic rings. The van der Waals surface area contributed by atoms with Crippen molar-refractivity contribution in [1.29, 1.82) is 0 Å². The minimum absolute atomic E-state index is 0.0911. The second-order valence-electron chi connectivity index (χ2n) is 3.92. The van der Waals surface area contributed by atoms with Crippen molar-refractivity contribution in [3.05, 3.63) is 51.2 Å². The molecule has 1 N–H and O–H groups in total. The number of benzene rings is 1. The highest BCUT2D eigenvalue weighted by molar-refractivity contribution is 7.16. The highest BCUT2D eigenvalue weighted by atomic mass is 35.5. The zero-order valence-electron chi connectivity index (χ0n) is 9.76. The minimum atomic E-state index is -0.129. The maximum Gasteiger partial charge on any atom is 0.254 e. The molecular formula is C13H12ClNO2S. The first kappa shape index (κ1) is 12.9. The summed E-state index contributed by atoms with van der Waals surface area (Å²) in [7, 11) is 1.72. The number of halogens is 1. The first-order valence-electron chi connectivity index (χ1n) is 5.35. The number of hydrogen-bond donors (Lipinski definition) is 1. The molecule has 0 saturated heterocycles. The zero-order valence-corrected chi connectivity index (χ0v) is 11.3. The summed E-state index contributed by atoms with van der Waals surface area (Å²) in [5.41, 5.74) is 0.472. The van der Waals surface area contributed by atoms with E-state index in [1.165, 1.54) is 23.5 Å². The second kappa shape index (κ2) is 5.42. The molecule has 1 aromatic heterocycles. The van der Waals surface area contributed by atoms with Crippen molar-refractivity contribution in [2.75, 3.05) is 7.05 Å². The molecule has 1 heterocycles. The fourth-order valence-corrected chi connectivity index (χ4v) is 2.74. The monoisotopic (exact) mass is 281 g/mol. The van der Waals surface area contributed by atoms with Crippen LogP contribution in [-0.2, 0) is 6.54 Å². The van der Waals surface area contributed by atoms with E-state index in [1.54, 1.807) is 24.1 Å². The van der Waals surface area contributed by atoms with Gasteiger partial charge in [0.2, 0.25) is 0 Å². The Labute approximate surface area is 114 Å². The Morgan fingerprint density at radius 3 is 2.78 bits per heavy atom. The van der Waals surface area contributed by atoms with Gasteiger partial charge >= 0.3 is 0 Å². The van der Waals surface area contributed by atoms with Gasteiger partial charge in [-0.3, -0.25) is 4.79 Å². The lowest BCUT2D eigenvalue weighted by Gasteiger charge is -2.16. The molecule has 1 aromatic carbocycles. The lowest BCUT2D eigenvalue weighted by Crippen LogP contribution is -2.25. The average Bonchev–Trinajstić information content (AvgIpc) is 2.73. The van der Waals surface area contributed by atoms with Crippen LogP contribution in [0.3, 0.4) is 0 Å². The molecule has 0 saturated carbocycles. The Kier molecular flexibility index (Phi) is 3.89. The van der Waals surface area contributed by atoms with Gasteiger partial charge in [0.05, 0.1) is 10.9 Å². The summed E-state index contributed by atoms with van der Waals surface area (Å²) in [5, 5.41) is 9.35. The maximum atomic E-state index is 12.1. The SMILES string of the molecule is CN(Cc1ccc(Cl)s1)C(=O)c1cccc(O)c1. The van der Waals surface area contributed by atoms with Crippen LogP contribution in [0.15, 0.2) is 36.4 Å². The predicted octanol–water partition coefficient (Wildman–Crippen LogP) is 3.38. The molecule has 0 fully saturated rings. The van der Waals surface area contributed by atoms with Crippen LogP contribution in [0, 0.1) is 0 Å². The molecule has 18 heavy (non-hydrogen) atoms. The van der Waals surface area contributed by atoms with Gasteiger partial charge in [0, 0.05) is 17.5 Å². The van der Waals surface area contributed by atoms with Gasteiger partial charge in [-0.2, -0.15) is 0 Å². The van der Waals surface area contributed by atoms with Gasteiger partial charge in [-0.25, -0.2) is 0 Å². The third kappa shape index (κ3) is 3.03. The minimum Gasteiger partial charge on any atom is -0.508 e. The number of carbonyl (C=O) groups excluding carboxylic acids is 1. The van der Waals surface area contributed by atoms with E-state index in [2.05, 4.69) is 0 Å². The Bertz CT molecular complexity index is 568. The number of amides is 1. The van der Waals surface area contributed by atoms with Gasteiger partial charge in [0.15, 0.2) is 0 Å². The van der Waals surface area contributed by atoms with E-state index in [0.29, 0.717) is 16.4 Å². The van der Waals surface area contributed by atoms with Gasteiger partial charge < -0.3 is 10.0 Å². The fourth-order valence-electron chi connectivity index (χ4n) is 1.60. The number of aromatic hydroxyl groups is 1. The summed E-state index contributed by atoms with van der Waals surface area (Å²) >= 11 is 7.30. The molecule has 2 aromatic rings. The van der Waals surface area contributed by atoms with Gasteiger partial charge in [-0.1, -0.05) is 17.7 Å². The van der Waals surface area contributed by atoms with Gasteiger partial charge in [0.25, 0.3) is 5.91 Å². The van der Waals surface area contributed by atoms with Crippen molar-refractivity contribution < 1.29 is 9.90 Å². The Hall–Kier alpha value is -1.52. The smallest absolute Gasteiger partial charge is 0.254 e. The lowest BCUT2D eigenvalue weighted by molar-refractivity contribution is 0.0786. The lowest BCUT2D eigenvalue weighted by atomic mass is 10.2. The van der Waals surface area contributed by atoms with Crippen molar-refractivity contribution in [1.82, 2.24) is 4.90 Å². The number of nitrogens with zero attached hydrogens (tertiary/aromatic N) is 1. The van der Waals surface area contributed by atoms with Crippen LogP contribution < -0.4 is 0 Å². The topological polar surface area (TPSA) is 40.5 Å². The van der Waals surface area contributed by atoms with E-state index in [1.807, 2.05) is 12.1 Å². The normalized spacial score (nSPS) is 10.3. The van der Waals surface area contributed by atoms with E-state index in [0.717, 1.165) is 4.88 Å². The maximum absolute atomic E-state index is 12.1. The number of hydrogen-bond acceptors (Lipinski definition) is 3. The molecule has 3 nitrogen and oxygen atoms in total. The standard InChI is InChI=1S/C13H12ClNO2S/c1-15(8-11-5-6-12(14)18-11)13(17)9-3-2-4-10(16)7-9/h2-7,16H,8H2,1H3. The molecular weight excluding hydrogens is 270 g/mol. The van der Waals surface area contributed by atoms with Gasteiger partial charge in [-0.15, -0.1) is 11.3 Å². The average molecular weight is 282 g/mol. The van der Waals surface area contributed by atoms with Crippen molar-refractivity contribution in [3.8, 4) is 5.75 Å². The second-order valence-corrected chi connectivity index (χ2v) is 5.72. The predicted molar refractivity (Wildman–Crippen MR) is 73.2 cm³/mol. The number of rotatable bonds is 3. The van der Waals surface area contributed by atoms with Crippen LogP contribution >= 0.6 is 22.9 Å². The number of carbonyl (C=O) groups is 1. The molecule has 0 atom stereocenters. The van der Waals surface area contributed by atoms with Crippen LogP contribution in [0.25, 0.3) is 0 Å². The molecule has 0 aliphatic carbocycles. The van der Waals surface area contributed by atoms with E-state index in [9.17, 15) is 9.90 Å². The van der Waals surface area contributed by atoms with Crippen LogP contribution in [0.4, 0.5) is 0 Å². The van der Waals surface area contributed by atoms with Crippen molar-refractivity contribution in [2.45, 2.75) is 6.54 Å². The quantitative estimate of drug-likeness (QED) is 0.937. The van der Waals surface area contributed by atoms with Crippen molar-refractivity contribution >= 4 is 28.8 Å². The molecule has 2 rings (SSSR count). The highest BCUT2D eigenvalue weighted by Gasteiger charge is 2.13. The molecule has 5 heteroatoms. The Morgan fingerprint density at radius 1 is 1.39 bits per heavy atom.